The van der Waals surface area contributed by atoms with Gasteiger partial charge in [0.15, 0.2) is 0 Å². The Bertz CT molecular complexity index is 705. The largest absolute Gasteiger partial charge is 0.392 e. The van der Waals surface area contributed by atoms with Crippen molar-refractivity contribution < 1.29 is 24.8 Å². The van der Waals surface area contributed by atoms with Crippen molar-refractivity contribution >= 4 is 0 Å². The van der Waals surface area contributed by atoms with Crippen molar-refractivity contribution in [3.05, 3.63) is 0 Å². The van der Waals surface area contributed by atoms with E-state index in [1.54, 1.807) is 14.2 Å². The molecule has 6 heteroatoms. The topological polar surface area (TPSA) is 82.4 Å². The molecule has 6 nitrogen and oxygen atoms in total. The van der Waals surface area contributed by atoms with Crippen LogP contribution in [0.2, 0.25) is 0 Å². The molecule has 5 saturated carbocycles. The van der Waals surface area contributed by atoms with Crippen molar-refractivity contribution in [1.29, 1.82) is 0 Å². The Morgan fingerprint density at radius 1 is 1.14 bits per heavy atom. The van der Waals surface area contributed by atoms with Gasteiger partial charge in [-0.1, -0.05) is 6.92 Å². The van der Waals surface area contributed by atoms with E-state index >= 15 is 0 Å². The number of methoxy groups -OCH3 is 2. The Kier molecular flexibility index (Phi) is 4.00. The summed E-state index contributed by atoms with van der Waals surface area (Å²) in [6, 6.07) is 0.200. The zero-order valence-electron chi connectivity index (χ0n) is 18.0. The molecule has 0 aromatic heterocycles. The molecule has 12 atom stereocenters. The summed E-state index contributed by atoms with van der Waals surface area (Å²) in [5.74, 6) is 0.553. The van der Waals surface area contributed by atoms with Crippen LogP contribution < -0.4 is 0 Å². The molecule has 6 fully saturated rings. The summed E-state index contributed by atoms with van der Waals surface area (Å²) < 4.78 is 11.6. The summed E-state index contributed by atoms with van der Waals surface area (Å²) in [4.78, 5) is 2.57. The van der Waals surface area contributed by atoms with Gasteiger partial charge in [0, 0.05) is 61.8 Å². The Hall–Kier alpha value is -0.240. The molecule has 0 aromatic carbocycles. The fourth-order valence-corrected chi connectivity index (χ4v) is 10.4. The van der Waals surface area contributed by atoms with Gasteiger partial charge < -0.3 is 24.8 Å². The van der Waals surface area contributed by atoms with E-state index in [4.69, 9.17) is 9.47 Å². The molecular weight excluding hydrogens is 370 g/mol. The van der Waals surface area contributed by atoms with Gasteiger partial charge in [-0.15, -0.1) is 0 Å². The SMILES string of the molecule is CCN1CC2(COC)CCC(O)C34C5CC6C(OC)CC(O)(C(CC23)C14)C5C6O. The molecule has 0 aromatic rings. The minimum Gasteiger partial charge on any atom is -0.392 e. The molecule has 29 heavy (non-hydrogen) atoms. The maximum absolute atomic E-state index is 12.2. The number of aliphatic hydroxyl groups is 3. The molecule has 7 bridgehead atoms. The molecular formula is C23H37NO5. The highest BCUT2D eigenvalue weighted by molar-refractivity contribution is 5.33. The minimum absolute atomic E-state index is 0.0495. The van der Waals surface area contributed by atoms with Crippen molar-refractivity contribution in [3.63, 3.8) is 0 Å². The number of rotatable bonds is 4. The van der Waals surface area contributed by atoms with E-state index in [1.165, 1.54) is 0 Å². The lowest BCUT2D eigenvalue weighted by Gasteiger charge is -2.69. The molecule has 6 aliphatic rings. The number of hydrogen-bond acceptors (Lipinski definition) is 6. The first-order chi connectivity index (χ1) is 13.9. The molecule has 6 rings (SSSR count). The number of nitrogens with zero attached hydrogens (tertiary/aromatic N) is 1. The van der Waals surface area contributed by atoms with Crippen molar-refractivity contribution in [2.24, 2.45) is 40.4 Å². The maximum Gasteiger partial charge on any atom is 0.0771 e. The van der Waals surface area contributed by atoms with Crippen LogP contribution >= 0.6 is 0 Å². The zero-order chi connectivity index (χ0) is 20.3. The highest BCUT2D eigenvalue weighted by atomic mass is 16.5. The molecule has 164 valence electrons. The summed E-state index contributed by atoms with van der Waals surface area (Å²) in [5, 5.41) is 35.2. The number of ether oxygens (including phenoxy) is 2. The van der Waals surface area contributed by atoms with Crippen molar-refractivity contribution in [2.45, 2.75) is 69.0 Å². The zero-order valence-corrected chi connectivity index (χ0v) is 18.0. The summed E-state index contributed by atoms with van der Waals surface area (Å²) >= 11 is 0. The number of fused-ring (bicyclic) bond motifs is 2. The van der Waals surface area contributed by atoms with E-state index in [1.807, 2.05) is 0 Å². The van der Waals surface area contributed by atoms with Gasteiger partial charge in [0.2, 0.25) is 0 Å². The predicted octanol–water partition coefficient (Wildman–Crippen LogP) is 0.877. The second-order valence-electron chi connectivity index (χ2n) is 11.2. The quantitative estimate of drug-likeness (QED) is 0.642. The monoisotopic (exact) mass is 407 g/mol. The Balaban J connectivity index is 1.57. The normalized spacial score (nSPS) is 62.5. The van der Waals surface area contributed by atoms with Gasteiger partial charge in [-0.3, -0.25) is 4.90 Å². The lowest BCUT2D eigenvalue weighted by molar-refractivity contribution is -0.272. The van der Waals surface area contributed by atoms with E-state index in [2.05, 4.69) is 11.8 Å². The van der Waals surface area contributed by atoms with Crippen LogP contribution in [0.4, 0.5) is 0 Å². The number of likely N-dealkylation sites (tertiary alicyclic amines) is 1. The average Bonchev–Trinajstić information content (AvgIpc) is 3.13. The minimum atomic E-state index is -0.901. The van der Waals surface area contributed by atoms with E-state index in [-0.39, 0.29) is 52.8 Å². The van der Waals surface area contributed by atoms with Gasteiger partial charge in [-0.25, -0.2) is 0 Å². The molecule has 0 radical (unpaired) electrons. The summed E-state index contributed by atoms with van der Waals surface area (Å²) in [7, 11) is 3.52. The predicted molar refractivity (Wildman–Crippen MR) is 106 cm³/mol. The molecule has 0 amide bonds. The van der Waals surface area contributed by atoms with Crippen molar-refractivity contribution in [2.75, 3.05) is 33.9 Å². The van der Waals surface area contributed by atoms with Gasteiger partial charge in [0.05, 0.1) is 30.5 Å². The molecule has 12 unspecified atom stereocenters. The van der Waals surface area contributed by atoms with Crippen molar-refractivity contribution in [3.8, 4) is 0 Å². The Morgan fingerprint density at radius 3 is 2.62 bits per heavy atom. The number of piperidine rings is 1. The molecule has 1 aliphatic heterocycles. The van der Waals surface area contributed by atoms with Crippen LogP contribution in [0.15, 0.2) is 0 Å². The van der Waals surface area contributed by atoms with E-state index in [9.17, 15) is 15.3 Å². The van der Waals surface area contributed by atoms with Crippen LogP contribution in [0.25, 0.3) is 0 Å². The average molecular weight is 408 g/mol. The highest BCUT2D eigenvalue weighted by Crippen LogP contribution is 2.78. The Labute approximate surface area is 173 Å². The van der Waals surface area contributed by atoms with Gasteiger partial charge in [-0.05, 0) is 44.1 Å². The first kappa shape index (κ1) is 19.4. The fourth-order valence-electron chi connectivity index (χ4n) is 10.4. The second kappa shape index (κ2) is 5.96. The van der Waals surface area contributed by atoms with Crippen LogP contribution in [0.3, 0.4) is 0 Å². The first-order valence-electron chi connectivity index (χ1n) is 11.7. The smallest absolute Gasteiger partial charge is 0.0771 e. The van der Waals surface area contributed by atoms with Crippen LogP contribution in [0.1, 0.15) is 39.0 Å². The van der Waals surface area contributed by atoms with Gasteiger partial charge >= 0.3 is 0 Å². The van der Waals surface area contributed by atoms with Crippen molar-refractivity contribution in [1.82, 2.24) is 4.90 Å². The summed E-state index contributed by atoms with van der Waals surface area (Å²) in [6.45, 7) is 4.88. The van der Waals surface area contributed by atoms with Crippen LogP contribution in [-0.2, 0) is 9.47 Å². The van der Waals surface area contributed by atoms with Gasteiger partial charge in [0.1, 0.15) is 0 Å². The molecule has 1 heterocycles. The van der Waals surface area contributed by atoms with E-state index in [0.717, 1.165) is 45.4 Å². The lowest BCUT2D eigenvalue weighted by atomic mass is 9.43. The third-order valence-corrected chi connectivity index (χ3v) is 10.9. The number of aliphatic hydroxyl groups excluding tert-OH is 2. The standard InChI is InChI=1S/C23H37NO5/c1-4-24-10-21(11-28-2)6-5-17(25)23-13-7-12-15(29-3)9-22(27,18(13)19(12)26)14(20(23)24)8-16(21)23/h12-20,25-27H,4-11H2,1-3H3. The van der Waals surface area contributed by atoms with Crippen LogP contribution in [0.5, 0.6) is 0 Å². The lowest BCUT2D eigenvalue weighted by Crippen LogP contribution is -2.76. The van der Waals surface area contributed by atoms with E-state index in [0.29, 0.717) is 12.3 Å². The summed E-state index contributed by atoms with van der Waals surface area (Å²) in [6.07, 6.45) is 3.27. The molecule has 5 aliphatic carbocycles. The highest BCUT2D eigenvalue weighted by Gasteiger charge is 2.83. The van der Waals surface area contributed by atoms with Gasteiger partial charge in [0.25, 0.3) is 0 Å². The molecule has 3 N–H and O–H groups in total. The molecule has 1 saturated heterocycles. The second-order valence-corrected chi connectivity index (χ2v) is 11.2. The third-order valence-electron chi connectivity index (χ3n) is 10.9. The number of hydrogen-bond donors (Lipinski definition) is 3. The fraction of sp³-hybridized carbons (Fsp3) is 1.00. The van der Waals surface area contributed by atoms with Crippen LogP contribution in [0, 0.1) is 40.4 Å². The van der Waals surface area contributed by atoms with E-state index < -0.39 is 11.7 Å². The first-order valence-corrected chi connectivity index (χ1v) is 11.7. The Morgan fingerprint density at radius 2 is 1.93 bits per heavy atom. The van der Waals surface area contributed by atoms with Crippen LogP contribution in [-0.4, -0.2) is 84.1 Å². The third kappa shape index (κ3) is 1.93. The van der Waals surface area contributed by atoms with Gasteiger partial charge in [-0.2, -0.15) is 0 Å². The summed E-state index contributed by atoms with van der Waals surface area (Å²) in [5.41, 5.74) is -1.08. The molecule has 1 spiro atoms. The maximum atomic E-state index is 12.2.